The minimum Gasteiger partial charge on any atom is -0.385 e. The summed E-state index contributed by atoms with van der Waals surface area (Å²) in [5.41, 5.74) is 1.38. The summed E-state index contributed by atoms with van der Waals surface area (Å²) in [5.74, 6) is 0.482. The smallest absolute Gasteiger partial charge is 0.317 e. The highest BCUT2D eigenvalue weighted by Crippen LogP contribution is 2.32. The lowest BCUT2D eigenvalue weighted by molar-refractivity contribution is -0.0168. The Labute approximate surface area is 167 Å². The molecule has 2 amide bonds. The van der Waals surface area contributed by atoms with Crippen molar-refractivity contribution < 1.29 is 9.90 Å². The Hall–Kier alpha value is -2.53. The molecular weight excluding hydrogens is 350 g/mol. The Balaban J connectivity index is 1.23. The van der Waals surface area contributed by atoms with Gasteiger partial charge in [0.05, 0.1) is 5.60 Å². The molecule has 2 aromatic carbocycles. The van der Waals surface area contributed by atoms with Crippen molar-refractivity contribution in [2.45, 2.75) is 24.9 Å². The van der Waals surface area contributed by atoms with Gasteiger partial charge < -0.3 is 20.2 Å². The molecule has 0 bridgehead atoms. The fraction of sp³-hybridized carbons (Fsp3) is 0.435. The third-order valence-electron chi connectivity index (χ3n) is 6.14. The monoisotopic (exact) mass is 379 g/mol. The van der Waals surface area contributed by atoms with E-state index in [1.165, 1.54) is 5.69 Å². The Kier molecular flexibility index (Phi) is 5.53. The van der Waals surface area contributed by atoms with Crippen LogP contribution in [-0.4, -0.2) is 48.8 Å². The van der Waals surface area contributed by atoms with E-state index >= 15 is 0 Å². The minimum atomic E-state index is -0.820. The molecule has 2 saturated heterocycles. The van der Waals surface area contributed by atoms with Gasteiger partial charge in [0.1, 0.15) is 0 Å². The number of piperidine rings is 1. The molecule has 148 valence electrons. The second-order valence-electron chi connectivity index (χ2n) is 8.01. The summed E-state index contributed by atoms with van der Waals surface area (Å²) in [5, 5.41) is 14.0. The summed E-state index contributed by atoms with van der Waals surface area (Å²) in [6, 6.07) is 20.2. The number of hydrogen-bond donors (Lipinski definition) is 2. The molecule has 2 heterocycles. The van der Waals surface area contributed by atoms with Crippen LogP contribution in [0, 0.1) is 5.92 Å². The summed E-state index contributed by atoms with van der Waals surface area (Å²) in [6.45, 7) is 3.90. The van der Waals surface area contributed by atoms with Gasteiger partial charge in [0.2, 0.25) is 0 Å². The lowest BCUT2D eigenvalue weighted by Gasteiger charge is -2.38. The summed E-state index contributed by atoms with van der Waals surface area (Å²) >= 11 is 0. The number of para-hydroxylation sites is 1. The second kappa shape index (κ2) is 8.23. The van der Waals surface area contributed by atoms with Gasteiger partial charge in [0.15, 0.2) is 0 Å². The standard InChI is InChI=1S/C23H29N3O2/c27-22(24-17-19-11-14-26(18-19)21-9-5-2-6-10-21)25-15-12-23(28,13-16-25)20-7-3-1-4-8-20/h1-10,19,28H,11-18H2,(H,24,27). The number of benzene rings is 2. The molecule has 1 unspecified atom stereocenters. The topological polar surface area (TPSA) is 55.8 Å². The number of anilines is 1. The van der Waals surface area contributed by atoms with Crippen molar-refractivity contribution in [3.63, 3.8) is 0 Å². The second-order valence-corrected chi connectivity index (χ2v) is 8.01. The normalized spacial score (nSPS) is 21.5. The SMILES string of the molecule is O=C(NCC1CCN(c2ccccc2)C1)N1CCC(O)(c2ccccc2)CC1. The van der Waals surface area contributed by atoms with E-state index in [2.05, 4.69) is 34.5 Å². The fourth-order valence-corrected chi connectivity index (χ4v) is 4.33. The van der Waals surface area contributed by atoms with Crippen molar-refractivity contribution in [2.24, 2.45) is 5.92 Å². The summed E-state index contributed by atoms with van der Waals surface area (Å²) in [7, 11) is 0. The number of aliphatic hydroxyl groups is 1. The molecule has 0 aliphatic carbocycles. The van der Waals surface area contributed by atoms with Gasteiger partial charge in [-0.25, -0.2) is 4.79 Å². The number of hydrogen-bond acceptors (Lipinski definition) is 3. The molecule has 0 spiro atoms. The predicted molar refractivity (Wildman–Crippen MR) is 111 cm³/mol. The maximum atomic E-state index is 12.6. The first-order chi connectivity index (χ1) is 13.6. The number of nitrogens with zero attached hydrogens (tertiary/aromatic N) is 2. The van der Waals surface area contributed by atoms with Gasteiger partial charge >= 0.3 is 6.03 Å². The molecule has 2 aromatic rings. The third-order valence-corrected chi connectivity index (χ3v) is 6.14. The molecule has 5 heteroatoms. The molecular formula is C23H29N3O2. The van der Waals surface area contributed by atoms with Gasteiger partial charge in [-0.1, -0.05) is 48.5 Å². The quantitative estimate of drug-likeness (QED) is 0.858. The van der Waals surface area contributed by atoms with Gasteiger partial charge in [-0.3, -0.25) is 0 Å². The molecule has 28 heavy (non-hydrogen) atoms. The number of carbonyl (C=O) groups excluding carboxylic acids is 1. The van der Waals surface area contributed by atoms with Crippen molar-refractivity contribution in [3.05, 3.63) is 66.2 Å². The van der Waals surface area contributed by atoms with Crippen LogP contribution in [0.5, 0.6) is 0 Å². The highest BCUT2D eigenvalue weighted by atomic mass is 16.3. The Morgan fingerprint density at radius 3 is 2.32 bits per heavy atom. The first-order valence-corrected chi connectivity index (χ1v) is 10.2. The van der Waals surface area contributed by atoms with Gasteiger partial charge in [-0.05, 0) is 42.9 Å². The lowest BCUT2D eigenvalue weighted by Crippen LogP contribution is -2.49. The minimum absolute atomic E-state index is 0.00623. The molecule has 0 radical (unpaired) electrons. The highest BCUT2D eigenvalue weighted by molar-refractivity contribution is 5.74. The van der Waals surface area contributed by atoms with Crippen LogP contribution in [0.15, 0.2) is 60.7 Å². The van der Waals surface area contributed by atoms with E-state index in [1.54, 1.807) is 0 Å². The predicted octanol–water partition coefficient (Wildman–Crippen LogP) is 3.21. The van der Waals surface area contributed by atoms with Crippen molar-refractivity contribution >= 4 is 11.7 Å². The average molecular weight is 380 g/mol. The highest BCUT2D eigenvalue weighted by Gasteiger charge is 2.35. The van der Waals surface area contributed by atoms with Crippen LogP contribution >= 0.6 is 0 Å². The summed E-state index contributed by atoms with van der Waals surface area (Å²) in [4.78, 5) is 16.8. The maximum Gasteiger partial charge on any atom is 0.317 e. The van der Waals surface area contributed by atoms with E-state index in [0.29, 0.717) is 38.4 Å². The van der Waals surface area contributed by atoms with Gasteiger partial charge in [-0.2, -0.15) is 0 Å². The van der Waals surface area contributed by atoms with E-state index in [4.69, 9.17) is 0 Å². The van der Waals surface area contributed by atoms with E-state index < -0.39 is 5.60 Å². The molecule has 0 aromatic heterocycles. The van der Waals surface area contributed by atoms with Crippen molar-refractivity contribution in [1.82, 2.24) is 10.2 Å². The number of urea groups is 1. The number of amides is 2. The largest absolute Gasteiger partial charge is 0.385 e. The van der Waals surface area contributed by atoms with Crippen LogP contribution in [0.3, 0.4) is 0 Å². The maximum absolute atomic E-state index is 12.6. The zero-order valence-corrected chi connectivity index (χ0v) is 16.3. The number of rotatable bonds is 4. The number of carbonyl (C=O) groups is 1. The van der Waals surface area contributed by atoms with Crippen LogP contribution < -0.4 is 10.2 Å². The fourth-order valence-electron chi connectivity index (χ4n) is 4.33. The van der Waals surface area contributed by atoms with Gasteiger partial charge in [-0.15, -0.1) is 0 Å². The van der Waals surface area contributed by atoms with Crippen LogP contribution in [0.2, 0.25) is 0 Å². The molecule has 5 nitrogen and oxygen atoms in total. The Morgan fingerprint density at radius 1 is 1.00 bits per heavy atom. The lowest BCUT2D eigenvalue weighted by atomic mass is 9.84. The van der Waals surface area contributed by atoms with E-state index in [0.717, 1.165) is 25.1 Å². The molecule has 1 atom stereocenters. The zero-order valence-electron chi connectivity index (χ0n) is 16.3. The van der Waals surface area contributed by atoms with Crippen LogP contribution in [0.4, 0.5) is 10.5 Å². The Bertz CT molecular complexity index is 773. The first-order valence-electron chi connectivity index (χ1n) is 10.2. The molecule has 0 saturated carbocycles. The average Bonchev–Trinajstić information content (AvgIpc) is 3.23. The van der Waals surface area contributed by atoms with Gasteiger partial charge in [0.25, 0.3) is 0 Å². The van der Waals surface area contributed by atoms with Crippen LogP contribution in [-0.2, 0) is 5.60 Å². The van der Waals surface area contributed by atoms with E-state index in [1.807, 2.05) is 41.3 Å². The van der Waals surface area contributed by atoms with E-state index in [9.17, 15) is 9.90 Å². The van der Waals surface area contributed by atoms with Crippen LogP contribution in [0.25, 0.3) is 0 Å². The van der Waals surface area contributed by atoms with Crippen LogP contribution in [0.1, 0.15) is 24.8 Å². The van der Waals surface area contributed by atoms with Gasteiger partial charge in [0, 0.05) is 38.4 Å². The number of nitrogens with one attached hydrogen (secondary N) is 1. The van der Waals surface area contributed by atoms with Crippen molar-refractivity contribution in [1.29, 1.82) is 0 Å². The molecule has 4 rings (SSSR count). The van der Waals surface area contributed by atoms with Crippen molar-refractivity contribution in [2.75, 3.05) is 37.6 Å². The summed E-state index contributed by atoms with van der Waals surface area (Å²) < 4.78 is 0. The molecule has 2 aliphatic rings. The molecule has 2 fully saturated rings. The molecule has 2 aliphatic heterocycles. The van der Waals surface area contributed by atoms with Crippen molar-refractivity contribution in [3.8, 4) is 0 Å². The number of likely N-dealkylation sites (tertiary alicyclic amines) is 1. The molecule has 2 N–H and O–H groups in total. The third kappa shape index (κ3) is 4.14. The van der Waals surface area contributed by atoms with E-state index in [-0.39, 0.29) is 6.03 Å². The summed E-state index contributed by atoms with van der Waals surface area (Å²) in [6.07, 6.45) is 2.26. The Morgan fingerprint density at radius 2 is 1.64 bits per heavy atom. The first kappa shape index (κ1) is 18.8. The zero-order chi connectivity index (χ0) is 19.4.